The summed E-state index contributed by atoms with van der Waals surface area (Å²) in [6.07, 6.45) is 7.33. The van der Waals surface area contributed by atoms with Crippen LogP contribution in [0, 0.1) is 6.92 Å². The maximum absolute atomic E-state index is 4.69. The van der Waals surface area contributed by atoms with Gasteiger partial charge in [0.2, 0.25) is 0 Å². The Balaban J connectivity index is 1.63. The first-order valence-corrected chi connectivity index (χ1v) is 10.9. The molecule has 0 radical (unpaired) electrons. The number of anilines is 6. The van der Waals surface area contributed by atoms with Gasteiger partial charge in [-0.15, -0.1) is 0 Å². The van der Waals surface area contributed by atoms with Crippen molar-refractivity contribution < 1.29 is 0 Å². The van der Waals surface area contributed by atoms with Gasteiger partial charge in [-0.3, -0.25) is 0 Å². The van der Waals surface area contributed by atoms with Crippen molar-refractivity contribution in [2.45, 2.75) is 47.0 Å². The fraction of sp³-hybridized carbons (Fsp3) is 0.391. The molecule has 0 saturated heterocycles. The average Bonchev–Trinajstić information content (AvgIpc) is 3.23. The zero-order valence-corrected chi connectivity index (χ0v) is 18.7. The predicted molar refractivity (Wildman–Crippen MR) is 124 cm³/mol. The van der Waals surface area contributed by atoms with E-state index in [1.165, 1.54) is 5.56 Å². The van der Waals surface area contributed by atoms with Gasteiger partial charge in [0.05, 0.1) is 0 Å². The Labute approximate surface area is 183 Å². The van der Waals surface area contributed by atoms with E-state index in [4.69, 9.17) is 0 Å². The SMILES string of the molecule is CCN1c2nccnc2N(c2cccc(N3c4nccnc4N(CC)[C@@H]3C)c2C)[C@@H]1C. The summed E-state index contributed by atoms with van der Waals surface area (Å²) in [7, 11) is 0. The van der Waals surface area contributed by atoms with E-state index in [2.05, 4.69) is 92.4 Å². The third-order valence-corrected chi connectivity index (χ3v) is 6.45. The van der Waals surface area contributed by atoms with Crippen molar-refractivity contribution in [2.75, 3.05) is 32.7 Å². The van der Waals surface area contributed by atoms with Gasteiger partial charge in [0.25, 0.3) is 0 Å². The van der Waals surface area contributed by atoms with E-state index in [9.17, 15) is 0 Å². The molecule has 3 aromatic rings. The van der Waals surface area contributed by atoms with E-state index in [1.807, 2.05) is 0 Å². The quantitative estimate of drug-likeness (QED) is 0.626. The first-order chi connectivity index (χ1) is 15.1. The van der Waals surface area contributed by atoms with Gasteiger partial charge in [0, 0.05) is 49.3 Å². The highest BCUT2D eigenvalue weighted by Gasteiger charge is 2.39. The summed E-state index contributed by atoms with van der Waals surface area (Å²) in [6, 6.07) is 6.46. The summed E-state index contributed by atoms with van der Waals surface area (Å²) in [5.74, 6) is 3.68. The smallest absolute Gasteiger partial charge is 0.178 e. The Hall–Kier alpha value is -3.42. The maximum Gasteiger partial charge on any atom is 0.178 e. The van der Waals surface area contributed by atoms with Crippen molar-refractivity contribution in [3.63, 3.8) is 0 Å². The Morgan fingerprint density at radius 2 is 1.06 bits per heavy atom. The lowest BCUT2D eigenvalue weighted by Crippen LogP contribution is -2.40. The van der Waals surface area contributed by atoms with Gasteiger partial charge < -0.3 is 19.6 Å². The highest BCUT2D eigenvalue weighted by atomic mass is 15.5. The number of rotatable bonds is 4. The van der Waals surface area contributed by atoms with Gasteiger partial charge in [-0.2, -0.15) is 0 Å². The first-order valence-electron chi connectivity index (χ1n) is 10.9. The van der Waals surface area contributed by atoms with Gasteiger partial charge in [-0.25, -0.2) is 19.9 Å². The molecule has 0 saturated carbocycles. The van der Waals surface area contributed by atoms with Gasteiger partial charge in [-0.05, 0) is 52.3 Å². The maximum atomic E-state index is 4.69. The minimum Gasteiger partial charge on any atom is -0.333 e. The van der Waals surface area contributed by atoms with Crippen LogP contribution < -0.4 is 19.6 Å². The Morgan fingerprint density at radius 1 is 0.677 bits per heavy atom. The minimum atomic E-state index is 0.131. The van der Waals surface area contributed by atoms with Crippen LogP contribution >= 0.6 is 0 Å². The van der Waals surface area contributed by atoms with E-state index in [1.54, 1.807) is 24.8 Å². The molecule has 4 heterocycles. The third-order valence-electron chi connectivity index (χ3n) is 6.45. The Morgan fingerprint density at radius 3 is 1.45 bits per heavy atom. The van der Waals surface area contributed by atoms with Crippen LogP contribution in [-0.4, -0.2) is 45.4 Å². The molecule has 31 heavy (non-hydrogen) atoms. The highest BCUT2D eigenvalue weighted by Crippen LogP contribution is 2.47. The molecule has 160 valence electrons. The molecule has 8 nitrogen and oxygen atoms in total. The molecule has 2 atom stereocenters. The average molecular weight is 417 g/mol. The zero-order chi connectivity index (χ0) is 21.7. The van der Waals surface area contributed by atoms with Crippen molar-refractivity contribution in [1.29, 1.82) is 0 Å². The van der Waals surface area contributed by atoms with Crippen molar-refractivity contribution in [3.05, 3.63) is 48.5 Å². The second kappa shape index (κ2) is 7.37. The second-order valence-electron chi connectivity index (χ2n) is 7.90. The number of fused-ring (bicyclic) bond motifs is 2. The van der Waals surface area contributed by atoms with Crippen LogP contribution in [0.25, 0.3) is 0 Å². The Kier molecular flexibility index (Phi) is 4.64. The molecule has 0 fully saturated rings. The lowest BCUT2D eigenvalue weighted by molar-refractivity contribution is 0.679. The van der Waals surface area contributed by atoms with Gasteiger partial charge in [0.1, 0.15) is 12.3 Å². The standard InChI is InChI=1S/C23H28N8/c1-6-28-16(4)30(22-20(28)24-11-13-26-22)18-9-8-10-19(15(18)3)31-17(5)29(7-2)21-23(31)27-14-12-25-21/h8-14,16-17H,6-7H2,1-5H3/t16-,17+. The van der Waals surface area contributed by atoms with Crippen LogP contribution in [0.15, 0.2) is 43.0 Å². The van der Waals surface area contributed by atoms with Crippen LogP contribution in [0.5, 0.6) is 0 Å². The molecular weight excluding hydrogens is 388 g/mol. The molecule has 2 aromatic heterocycles. The summed E-state index contributed by atoms with van der Waals surface area (Å²) in [6.45, 7) is 12.7. The molecular formula is C23H28N8. The number of nitrogens with zero attached hydrogens (tertiary/aromatic N) is 8. The second-order valence-corrected chi connectivity index (χ2v) is 7.90. The van der Waals surface area contributed by atoms with Crippen LogP contribution in [0.4, 0.5) is 34.6 Å². The molecule has 0 N–H and O–H groups in total. The Bertz CT molecular complexity index is 1030. The van der Waals surface area contributed by atoms with Crippen molar-refractivity contribution in [2.24, 2.45) is 0 Å². The summed E-state index contributed by atoms with van der Waals surface area (Å²) in [4.78, 5) is 27.8. The molecule has 0 aliphatic carbocycles. The zero-order valence-electron chi connectivity index (χ0n) is 18.7. The summed E-state index contributed by atoms with van der Waals surface area (Å²) >= 11 is 0. The van der Waals surface area contributed by atoms with Crippen molar-refractivity contribution in [3.8, 4) is 0 Å². The number of hydrogen-bond donors (Lipinski definition) is 0. The molecule has 5 rings (SSSR count). The summed E-state index contributed by atoms with van der Waals surface area (Å²) in [5, 5.41) is 0. The third kappa shape index (κ3) is 2.74. The van der Waals surface area contributed by atoms with Gasteiger partial charge in [-0.1, -0.05) is 6.07 Å². The van der Waals surface area contributed by atoms with Gasteiger partial charge in [0.15, 0.2) is 23.3 Å². The molecule has 2 aliphatic heterocycles. The lowest BCUT2D eigenvalue weighted by Gasteiger charge is -2.33. The summed E-state index contributed by atoms with van der Waals surface area (Å²) < 4.78 is 0. The van der Waals surface area contributed by atoms with Crippen LogP contribution in [0.1, 0.15) is 33.3 Å². The minimum absolute atomic E-state index is 0.131. The molecule has 0 spiro atoms. The number of aromatic nitrogens is 4. The molecule has 1 aromatic carbocycles. The van der Waals surface area contributed by atoms with Crippen molar-refractivity contribution in [1.82, 2.24) is 19.9 Å². The monoisotopic (exact) mass is 416 g/mol. The largest absolute Gasteiger partial charge is 0.333 e. The molecule has 2 aliphatic rings. The van der Waals surface area contributed by atoms with Crippen molar-refractivity contribution >= 4 is 34.6 Å². The number of benzene rings is 1. The fourth-order valence-electron chi connectivity index (χ4n) is 4.97. The van der Waals surface area contributed by atoms with Crippen LogP contribution in [0.2, 0.25) is 0 Å². The van der Waals surface area contributed by atoms with E-state index < -0.39 is 0 Å². The first kappa shape index (κ1) is 19.5. The van der Waals surface area contributed by atoms with Gasteiger partial charge >= 0.3 is 0 Å². The van der Waals surface area contributed by atoms with E-state index in [-0.39, 0.29) is 12.3 Å². The van der Waals surface area contributed by atoms with Crippen LogP contribution in [0.3, 0.4) is 0 Å². The fourth-order valence-corrected chi connectivity index (χ4v) is 4.97. The predicted octanol–water partition coefficient (Wildman–Crippen LogP) is 4.22. The lowest BCUT2D eigenvalue weighted by atomic mass is 10.1. The van der Waals surface area contributed by atoms with Crippen LogP contribution in [-0.2, 0) is 0 Å². The van der Waals surface area contributed by atoms with E-state index in [0.717, 1.165) is 47.7 Å². The molecule has 8 heteroatoms. The summed E-state index contributed by atoms with van der Waals surface area (Å²) in [5.41, 5.74) is 3.45. The van der Waals surface area contributed by atoms with E-state index >= 15 is 0 Å². The number of hydrogen-bond acceptors (Lipinski definition) is 8. The highest BCUT2D eigenvalue weighted by molar-refractivity contribution is 5.85. The molecule has 0 amide bonds. The normalized spacial score (nSPS) is 19.8. The molecule has 0 unspecified atom stereocenters. The topological polar surface area (TPSA) is 64.5 Å². The van der Waals surface area contributed by atoms with E-state index in [0.29, 0.717) is 0 Å². The molecule has 0 bridgehead atoms.